The summed E-state index contributed by atoms with van der Waals surface area (Å²) >= 11 is 0. The molecule has 1 aliphatic heterocycles. The van der Waals surface area contributed by atoms with Gasteiger partial charge in [-0.25, -0.2) is 0 Å². The first-order valence-electron chi connectivity index (χ1n) is 8.54. The predicted molar refractivity (Wildman–Crippen MR) is 91.2 cm³/mol. The number of rotatable bonds is 7. The van der Waals surface area contributed by atoms with E-state index in [1.54, 1.807) is 0 Å². The van der Waals surface area contributed by atoms with Gasteiger partial charge in [0, 0.05) is 25.9 Å². The maximum absolute atomic E-state index is 13.1. The zero-order chi connectivity index (χ0) is 19.3. The van der Waals surface area contributed by atoms with Crippen molar-refractivity contribution in [2.45, 2.75) is 38.0 Å². The van der Waals surface area contributed by atoms with Gasteiger partial charge in [0.1, 0.15) is 0 Å². The Morgan fingerprint density at radius 2 is 2.00 bits per heavy atom. The fraction of sp³-hybridized carbons (Fsp3) is 0.556. The van der Waals surface area contributed by atoms with Gasteiger partial charge in [-0.15, -0.1) is 0 Å². The van der Waals surface area contributed by atoms with Gasteiger partial charge in [-0.2, -0.15) is 13.2 Å². The molecule has 0 spiro atoms. The van der Waals surface area contributed by atoms with Crippen molar-refractivity contribution in [1.29, 1.82) is 0 Å². The Kier molecular flexibility index (Phi) is 6.63. The van der Waals surface area contributed by atoms with Crippen LogP contribution in [0.4, 0.5) is 13.2 Å². The molecule has 1 atom stereocenters. The van der Waals surface area contributed by atoms with Gasteiger partial charge in [-0.3, -0.25) is 9.59 Å². The normalized spacial score (nSPS) is 17.8. The molecule has 144 valence electrons. The van der Waals surface area contributed by atoms with Crippen LogP contribution >= 0.6 is 0 Å². The van der Waals surface area contributed by atoms with Crippen LogP contribution in [0.3, 0.4) is 0 Å². The van der Waals surface area contributed by atoms with Crippen LogP contribution in [0.15, 0.2) is 24.3 Å². The van der Waals surface area contributed by atoms with Gasteiger partial charge in [-0.1, -0.05) is 18.2 Å². The number of hydrogen-bond donors (Lipinski definition) is 1. The number of nitrogens with one attached hydrogen (secondary N) is 1. The van der Waals surface area contributed by atoms with E-state index in [9.17, 15) is 22.8 Å². The lowest BCUT2D eigenvalue weighted by Gasteiger charge is -2.20. The van der Waals surface area contributed by atoms with Crippen molar-refractivity contribution in [2.24, 2.45) is 0 Å². The molecule has 5 nitrogen and oxygen atoms in total. The largest absolute Gasteiger partial charge is 0.416 e. The van der Waals surface area contributed by atoms with Crippen molar-refractivity contribution >= 4 is 11.8 Å². The Labute approximate surface area is 151 Å². The summed E-state index contributed by atoms with van der Waals surface area (Å²) in [5.41, 5.74) is -0.671. The summed E-state index contributed by atoms with van der Waals surface area (Å²) in [7, 11) is 3.84. The number of nitrogens with zero attached hydrogens (tertiary/aromatic N) is 2. The lowest BCUT2D eigenvalue weighted by atomic mass is 10.1. The molecule has 1 heterocycles. The second kappa shape index (κ2) is 8.53. The second-order valence-corrected chi connectivity index (χ2v) is 6.80. The van der Waals surface area contributed by atoms with Gasteiger partial charge in [0.05, 0.1) is 11.6 Å². The van der Waals surface area contributed by atoms with Gasteiger partial charge in [0.2, 0.25) is 11.8 Å². The molecular formula is C18H24F3N3O2. The molecule has 1 aromatic carbocycles. The molecule has 0 saturated carbocycles. The molecule has 0 aliphatic carbocycles. The number of benzene rings is 1. The molecule has 2 rings (SSSR count). The van der Waals surface area contributed by atoms with Crippen LogP contribution < -0.4 is 5.32 Å². The molecule has 2 amide bonds. The second-order valence-electron chi connectivity index (χ2n) is 6.80. The Morgan fingerprint density at radius 3 is 2.65 bits per heavy atom. The van der Waals surface area contributed by atoms with Gasteiger partial charge in [0.15, 0.2) is 0 Å². The number of carbonyl (C=O) groups excluding carboxylic acids is 2. The minimum Gasteiger partial charge on any atom is -0.351 e. The third-order valence-electron chi connectivity index (χ3n) is 4.27. The van der Waals surface area contributed by atoms with Crippen LogP contribution in [0.2, 0.25) is 0 Å². The molecule has 0 bridgehead atoms. The number of carbonyl (C=O) groups is 2. The summed E-state index contributed by atoms with van der Waals surface area (Å²) in [6.45, 7) is 0.906. The summed E-state index contributed by atoms with van der Waals surface area (Å²) in [5, 5.41) is 2.80. The lowest BCUT2D eigenvalue weighted by molar-refractivity contribution is -0.139. The Hall–Kier alpha value is -2.09. The van der Waals surface area contributed by atoms with E-state index in [-0.39, 0.29) is 42.9 Å². The van der Waals surface area contributed by atoms with E-state index in [2.05, 4.69) is 5.32 Å². The average molecular weight is 371 g/mol. The number of halogens is 3. The molecule has 8 heteroatoms. The Bertz CT molecular complexity index is 647. The van der Waals surface area contributed by atoms with Gasteiger partial charge in [0.25, 0.3) is 0 Å². The molecule has 1 fully saturated rings. The van der Waals surface area contributed by atoms with Crippen LogP contribution in [-0.4, -0.2) is 54.8 Å². The van der Waals surface area contributed by atoms with E-state index in [0.717, 1.165) is 12.6 Å². The van der Waals surface area contributed by atoms with Crippen molar-refractivity contribution in [1.82, 2.24) is 15.1 Å². The average Bonchev–Trinajstić information content (AvgIpc) is 2.85. The number of likely N-dealkylation sites (tertiary alicyclic amines) is 1. The first-order chi connectivity index (χ1) is 12.2. The molecular weight excluding hydrogens is 347 g/mol. The predicted octanol–water partition coefficient (Wildman–Crippen LogP) is 2.26. The van der Waals surface area contributed by atoms with Crippen LogP contribution in [0.1, 0.15) is 30.4 Å². The maximum Gasteiger partial charge on any atom is 0.416 e. The fourth-order valence-electron chi connectivity index (χ4n) is 3.02. The van der Waals surface area contributed by atoms with Gasteiger partial charge in [-0.05, 0) is 38.7 Å². The van der Waals surface area contributed by atoms with Crippen LogP contribution in [0, 0.1) is 0 Å². The maximum atomic E-state index is 13.1. The van der Waals surface area contributed by atoms with E-state index >= 15 is 0 Å². The monoisotopic (exact) mass is 371 g/mol. The number of amides is 2. The van der Waals surface area contributed by atoms with Gasteiger partial charge < -0.3 is 15.1 Å². The van der Waals surface area contributed by atoms with Crippen LogP contribution in [0.5, 0.6) is 0 Å². The molecule has 0 radical (unpaired) electrons. The van der Waals surface area contributed by atoms with Crippen molar-refractivity contribution in [2.75, 3.05) is 27.2 Å². The standard InChI is InChI=1S/C18H24F3N3O2/c1-23(2)9-5-8-16(25)22-14-10-17(26)24(12-14)11-13-6-3-4-7-15(13)18(19,20)21/h3-4,6-7,14H,5,8-12H2,1-2H3,(H,22,25). The smallest absolute Gasteiger partial charge is 0.351 e. The first kappa shape index (κ1) is 20.2. The van der Waals surface area contributed by atoms with E-state index in [1.165, 1.54) is 23.1 Å². The molecule has 1 saturated heterocycles. The fourth-order valence-corrected chi connectivity index (χ4v) is 3.02. The summed E-state index contributed by atoms with van der Waals surface area (Å²) in [6, 6.07) is 4.89. The summed E-state index contributed by atoms with van der Waals surface area (Å²) in [6.07, 6.45) is -3.27. The summed E-state index contributed by atoms with van der Waals surface area (Å²) in [5.74, 6) is -0.386. The molecule has 1 aromatic rings. The quantitative estimate of drug-likeness (QED) is 0.800. The highest BCUT2D eigenvalue weighted by Crippen LogP contribution is 2.32. The zero-order valence-corrected chi connectivity index (χ0v) is 15.0. The molecule has 26 heavy (non-hydrogen) atoms. The van der Waals surface area contributed by atoms with Crippen LogP contribution in [-0.2, 0) is 22.3 Å². The molecule has 1 aliphatic rings. The molecule has 0 aromatic heterocycles. The van der Waals surface area contributed by atoms with E-state index in [4.69, 9.17) is 0 Å². The molecule has 1 N–H and O–H groups in total. The van der Waals surface area contributed by atoms with Crippen molar-refractivity contribution in [3.63, 3.8) is 0 Å². The highest BCUT2D eigenvalue weighted by molar-refractivity contribution is 5.82. The highest BCUT2D eigenvalue weighted by atomic mass is 19.4. The lowest BCUT2D eigenvalue weighted by Crippen LogP contribution is -2.37. The molecule has 1 unspecified atom stereocenters. The first-order valence-corrected chi connectivity index (χ1v) is 8.54. The number of hydrogen-bond acceptors (Lipinski definition) is 3. The topological polar surface area (TPSA) is 52.7 Å². The third-order valence-corrected chi connectivity index (χ3v) is 4.27. The Morgan fingerprint density at radius 1 is 1.31 bits per heavy atom. The van der Waals surface area contributed by atoms with E-state index < -0.39 is 11.7 Å². The van der Waals surface area contributed by atoms with E-state index in [1.807, 2.05) is 19.0 Å². The minimum atomic E-state index is -4.46. The SMILES string of the molecule is CN(C)CCCC(=O)NC1CC(=O)N(Cc2ccccc2C(F)(F)F)C1. The summed E-state index contributed by atoms with van der Waals surface area (Å²) < 4.78 is 39.2. The van der Waals surface area contributed by atoms with Crippen molar-refractivity contribution < 1.29 is 22.8 Å². The van der Waals surface area contributed by atoms with Crippen molar-refractivity contribution in [3.8, 4) is 0 Å². The minimum absolute atomic E-state index is 0.0614. The highest BCUT2D eigenvalue weighted by Gasteiger charge is 2.35. The Balaban J connectivity index is 1.92. The third kappa shape index (κ3) is 5.72. The van der Waals surface area contributed by atoms with Crippen LogP contribution in [0.25, 0.3) is 0 Å². The zero-order valence-electron chi connectivity index (χ0n) is 15.0. The van der Waals surface area contributed by atoms with Crippen molar-refractivity contribution in [3.05, 3.63) is 35.4 Å². The number of alkyl halides is 3. The van der Waals surface area contributed by atoms with Gasteiger partial charge >= 0.3 is 6.18 Å². The van der Waals surface area contributed by atoms with E-state index in [0.29, 0.717) is 12.8 Å². The summed E-state index contributed by atoms with van der Waals surface area (Å²) in [4.78, 5) is 27.4.